The molecular weight excluding hydrogens is 526 g/mol. The van der Waals surface area contributed by atoms with Crippen molar-refractivity contribution in [2.24, 2.45) is 11.1 Å². The molecule has 1 amide bonds. The van der Waals surface area contributed by atoms with E-state index in [9.17, 15) is 20.0 Å². The number of nitrogens with two attached hydrogens (primary N) is 1. The second-order valence-corrected chi connectivity index (χ2v) is 11.7. The third kappa shape index (κ3) is 9.73. The van der Waals surface area contributed by atoms with Crippen molar-refractivity contribution in [1.29, 1.82) is 0 Å². The average molecular weight is 566 g/mol. The lowest BCUT2D eigenvalue weighted by atomic mass is 9.94. The molecular formula is C30H39N5O6. The van der Waals surface area contributed by atoms with E-state index >= 15 is 0 Å². The fraction of sp³-hybridized carbons (Fsp3) is 0.400. The molecule has 0 unspecified atom stereocenters. The van der Waals surface area contributed by atoms with Gasteiger partial charge in [0.1, 0.15) is 29.8 Å². The number of ether oxygens (including phenoxy) is 2. The number of anilines is 1. The van der Waals surface area contributed by atoms with Crippen molar-refractivity contribution in [2.75, 3.05) is 25.0 Å². The molecule has 0 saturated carbocycles. The Bertz CT molecular complexity index is 1340. The SMILES string of the molecule is CC(C)(C)CNc1c(OC[C@@H](O)CNC(C)(C)Cc2ccc(Oc3ncccc3C(N)=O)cc2)cccc1[N+](=O)[O-]. The molecule has 2 aromatic carbocycles. The average Bonchev–Trinajstić information content (AvgIpc) is 2.90. The summed E-state index contributed by atoms with van der Waals surface area (Å²) < 4.78 is 11.6. The molecule has 3 rings (SSSR count). The topological polar surface area (TPSA) is 162 Å². The summed E-state index contributed by atoms with van der Waals surface area (Å²) in [4.78, 5) is 26.8. The zero-order valence-corrected chi connectivity index (χ0v) is 24.1. The van der Waals surface area contributed by atoms with Gasteiger partial charge in [0, 0.05) is 30.9 Å². The Balaban J connectivity index is 1.55. The van der Waals surface area contributed by atoms with Crippen LogP contribution >= 0.6 is 0 Å². The van der Waals surface area contributed by atoms with E-state index in [1.807, 2.05) is 46.8 Å². The van der Waals surface area contributed by atoms with E-state index in [-0.39, 0.29) is 41.2 Å². The zero-order chi connectivity index (χ0) is 30.2. The number of nitrogens with zero attached hydrogens (tertiary/aromatic N) is 2. The Morgan fingerprint density at radius 1 is 1.10 bits per heavy atom. The summed E-state index contributed by atoms with van der Waals surface area (Å²) in [6.07, 6.45) is 1.33. The van der Waals surface area contributed by atoms with Gasteiger partial charge in [-0.25, -0.2) is 4.98 Å². The number of hydrogen-bond donors (Lipinski definition) is 4. The maximum Gasteiger partial charge on any atom is 0.296 e. The highest BCUT2D eigenvalue weighted by atomic mass is 16.6. The molecule has 1 atom stereocenters. The van der Waals surface area contributed by atoms with E-state index in [0.29, 0.717) is 30.2 Å². The van der Waals surface area contributed by atoms with Gasteiger partial charge in [0.15, 0.2) is 5.69 Å². The number of carbonyl (C=O) groups is 1. The van der Waals surface area contributed by atoms with Gasteiger partial charge in [-0.2, -0.15) is 0 Å². The molecule has 0 fully saturated rings. The second-order valence-electron chi connectivity index (χ2n) is 11.7. The van der Waals surface area contributed by atoms with Crippen LogP contribution in [0.15, 0.2) is 60.8 Å². The first kappa shape index (κ1) is 31.3. The smallest absolute Gasteiger partial charge is 0.296 e. The summed E-state index contributed by atoms with van der Waals surface area (Å²) in [5, 5.41) is 28.7. The predicted octanol–water partition coefficient (Wildman–Crippen LogP) is 4.69. The highest BCUT2D eigenvalue weighted by Gasteiger charge is 2.23. The first-order valence-electron chi connectivity index (χ1n) is 13.3. The summed E-state index contributed by atoms with van der Waals surface area (Å²) in [7, 11) is 0. The lowest BCUT2D eigenvalue weighted by Crippen LogP contribution is -2.46. The van der Waals surface area contributed by atoms with Gasteiger partial charge in [-0.15, -0.1) is 0 Å². The van der Waals surface area contributed by atoms with Gasteiger partial charge in [-0.3, -0.25) is 14.9 Å². The number of nitrogens with one attached hydrogen (secondary N) is 2. The molecule has 1 aromatic heterocycles. The molecule has 0 spiro atoms. The number of hydrogen-bond acceptors (Lipinski definition) is 9. The normalized spacial score (nSPS) is 12.4. The summed E-state index contributed by atoms with van der Waals surface area (Å²) in [6, 6.07) is 15.2. The van der Waals surface area contributed by atoms with Gasteiger partial charge in [-0.1, -0.05) is 39.0 Å². The van der Waals surface area contributed by atoms with E-state index in [2.05, 4.69) is 15.6 Å². The van der Waals surface area contributed by atoms with Crippen molar-refractivity contribution in [3.8, 4) is 17.4 Å². The van der Waals surface area contributed by atoms with Gasteiger partial charge < -0.3 is 30.9 Å². The second kappa shape index (κ2) is 13.4. The third-order valence-corrected chi connectivity index (χ3v) is 6.06. The molecule has 0 bridgehead atoms. The summed E-state index contributed by atoms with van der Waals surface area (Å²) in [6.45, 7) is 10.8. The van der Waals surface area contributed by atoms with E-state index in [1.165, 1.54) is 12.3 Å². The fourth-order valence-corrected chi connectivity index (χ4v) is 3.98. The van der Waals surface area contributed by atoms with Crippen LogP contribution in [0.5, 0.6) is 17.4 Å². The minimum absolute atomic E-state index is 0.0404. The quantitative estimate of drug-likeness (QED) is 0.160. The number of aromatic nitrogens is 1. The van der Waals surface area contributed by atoms with E-state index in [4.69, 9.17) is 15.2 Å². The minimum atomic E-state index is -0.849. The Morgan fingerprint density at radius 2 is 1.80 bits per heavy atom. The number of β-amino-alcohol motifs (C(OH)–C–C–N with tert-alkyl or cyclic N) is 1. The molecule has 41 heavy (non-hydrogen) atoms. The van der Waals surface area contributed by atoms with Gasteiger partial charge in [0.25, 0.3) is 11.6 Å². The molecule has 0 saturated heterocycles. The van der Waals surface area contributed by atoms with Crippen LogP contribution in [0.2, 0.25) is 0 Å². The molecule has 3 aromatic rings. The number of carbonyl (C=O) groups excluding carboxylic acids is 1. The number of nitro benzene ring substituents is 1. The molecule has 0 radical (unpaired) electrons. The van der Waals surface area contributed by atoms with Gasteiger partial charge >= 0.3 is 0 Å². The number of rotatable bonds is 14. The number of para-hydroxylation sites is 1. The molecule has 5 N–H and O–H groups in total. The Hall–Kier alpha value is -4.22. The number of benzene rings is 2. The molecule has 0 aliphatic carbocycles. The van der Waals surface area contributed by atoms with Crippen LogP contribution in [0.25, 0.3) is 0 Å². The number of primary amides is 1. The van der Waals surface area contributed by atoms with Crippen molar-refractivity contribution in [3.05, 3.63) is 82.0 Å². The number of nitro groups is 1. The van der Waals surface area contributed by atoms with Gasteiger partial charge in [0.05, 0.1) is 4.92 Å². The molecule has 220 valence electrons. The number of aliphatic hydroxyl groups is 1. The minimum Gasteiger partial charge on any atom is -0.488 e. The highest BCUT2D eigenvalue weighted by Crippen LogP contribution is 2.35. The van der Waals surface area contributed by atoms with E-state index in [0.717, 1.165) is 5.56 Å². The van der Waals surface area contributed by atoms with Crippen molar-refractivity contribution >= 4 is 17.3 Å². The molecule has 0 aliphatic heterocycles. The van der Waals surface area contributed by atoms with Crippen molar-refractivity contribution in [1.82, 2.24) is 10.3 Å². The van der Waals surface area contributed by atoms with Crippen LogP contribution in [-0.4, -0.2) is 52.3 Å². The number of aliphatic hydroxyl groups excluding tert-OH is 1. The Morgan fingerprint density at radius 3 is 2.44 bits per heavy atom. The number of pyridine rings is 1. The van der Waals surface area contributed by atoms with Crippen LogP contribution in [-0.2, 0) is 6.42 Å². The fourth-order valence-electron chi connectivity index (χ4n) is 3.98. The van der Waals surface area contributed by atoms with Crippen molar-refractivity contribution in [2.45, 2.75) is 52.7 Å². The van der Waals surface area contributed by atoms with E-state index in [1.54, 1.807) is 36.4 Å². The first-order chi connectivity index (χ1) is 19.2. The molecule has 11 nitrogen and oxygen atoms in total. The van der Waals surface area contributed by atoms with Crippen LogP contribution in [0.4, 0.5) is 11.4 Å². The first-order valence-corrected chi connectivity index (χ1v) is 13.3. The monoisotopic (exact) mass is 565 g/mol. The van der Waals surface area contributed by atoms with Crippen LogP contribution in [0.1, 0.15) is 50.5 Å². The lowest BCUT2D eigenvalue weighted by molar-refractivity contribution is -0.384. The number of amides is 1. The molecule has 11 heteroatoms. The molecule has 0 aliphatic rings. The largest absolute Gasteiger partial charge is 0.488 e. The third-order valence-electron chi connectivity index (χ3n) is 6.06. The zero-order valence-electron chi connectivity index (χ0n) is 24.1. The van der Waals surface area contributed by atoms with Crippen LogP contribution in [0, 0.1) is 15.5 Å². The van der Waals surface area contributed by atoms with Crippen molar-refractivity contribution in [3.63, 3.8) is 0 Å². The van der Waals surface area contributed by atoms with Crippen LogP contribution < -0.4 is 25.8 Å². The predicted molar refractivity (Wildman–Crippen MR) is 158 cm³/mol. The van der Waals surface area contributed by atoms with Gasteiger partial charge in [0.2, 0.25) is 5.88 Å². The van der Waals surface area contributed by atoms with Crippen LogP contribution in [0.3, 0.4) is 0 Å². The highest BCUT2D eigenvalue weighted by molar-refractivity contribution is 5.95. The molecule has 1 heterocycles. The Kier molecular flexibility index (Phi) is 10.3. The summed E-state index contributed by atoms with van der Waals surface area (Å²) in [5.74, 6) is 0.365. The maximum atomic E-state index is 11.6. The Labute approximate surface area is 240 Å². The maximum absolute atomic E-state index is 11.6. The van der Waals surface area contributed by atoms with E-state index < -0.39 is 16.9 Å². The van der Waals surface area contributed by atoms with Gasteiger partial charge in [-0.05, 0) is 61.6 Å². The summed E-state index contributed by atoms with van der Waals surface area (Å²) >= 11 is 0. The van der Waals surface area contributed by atoms with Crippen molar-refractivity contribution < 1.29 is 24.3 Å². The lowest BCUT2D eigenvalue weighted by Gasteiger charge is -2.28. The summed E-state index contributed by atoms with van der Waals surface area (Å²) in [5.41, 5.74) is 6.38. The standard InChI is InChI=1S/C30H39N5O6/c1-29(2,3)19-33-26-24(35(38)39)9-6-10-25(26)40-18-21(36)17-34-30(4,5)16-20-11-13-22(14-12-20)41-28-23(27(31)37)8-7-15-32-28/h6-15,21,33-34,36H,16-19H2,1-5H3,(H2,31,37)/t21-/m0/s1.